The first-order valence-electron chi connectivity index (χ1n) is 10.9. The third kappa shape index (κ3) is 3.95. The molecular weight excluding hydrogens is 368 g/mol. The number of rotatable bonds is 3. The zero-order valence-corrected chi connectivity index (χ0v) is 17.0. The van der Waals surface area contributed by atoms with Crippen LogP contribution in [0, 0.1) is 30.4 Å². The van der Waals surface area contributed by atoms with Crippen LogP contribution < -0.4 is 0 Å². The molecule has 0 radical (unpaired) electrons. The van der Waals surface area contributed by atoms with Crippen molar-refractivity contribution in [1.82, 2.24) is 14.8 Å². The molecule has 0 N–H and O–H groups in total. The van der Waals surface area contributed by atoms with Crippen LogP contribution in [0.25, 0.3) is 0 Å². The largest absolute Gasteiger partial charge is 0.297 e. The molecule has 4 heterocycles. The summed E-state index contributed by atoms with van der Waals surface area (Å²) in [5.41, 5.74) is 3.04. The molecule has 4 atom stereocenters. The van der Waals surface area contributed by atoms with Gasteiger partial charge >= 0.3 is 0 Å². The number of hydrogen-bond donors (Lipinski definition) is 0. The third-order valence-electron chi connectivity index (χ3n) is 7.06. The zero-order valence-electron chi connectivity index (χ0n) is 17.0. The van der Waals surface area contributed by atoms with E-state index >= 15 is 0 Å². The van der Waals surface area contributed by atoms with Gasteiger partial charge in [-0.2, -0.15) is 0 Å². The lowest BCUT2D eigenvalue weighted by Gasteiger charge is -2.55. The van der Waals surface area contributed by atoms with Gasteiger partial charge in [0, 0.05) is 50.0 Å². The van der Waals surface area contributed by atoms with Gasteiger partial charge in [-0.25, -0.2) is 8.78 Å². The van der Waals surface area contributed by atoms with E-state index in [9.17, 15) is 8.78 Å². The van der Waals surface area contributed by atoms with Crippen LogP contribution in [-0.4, -0.2) is 40.5 Å². The molecular formula is C24H29F2N3. The molecule has 1 aromatic carbocycles. The molecule has 0 aliphatic carbocycles. The molecule has 2 aromatic rings. The first kappa shape index (κ1) is 19.1. The van der Waals surface area contributed by atoms with Crippen LogP contribution in [0.5, 0.6) is 0 Å². The zero-order chi connectivity index (χ0) is 20.0. The summed E-state index contributed by atoms with van der Waals surface area (Å²) in [5, 5.41) is 0. The number of halogens is 2. The number of hydrogen-bond acceptors (Lipinski definition) is 3. The van der Waals surface area contributed by atoms with E-state index < -0.39 is 11.6 Å². The Kier molecular flexibility index (Phi) is 5.12. The van der Waals surface area contributed by atoms with E-state index in [1.165, 1.54) is 25.0 Å². The number of likely N-dealkylation sites (tertiary alicyclic amines) is 1. The molecule has 5 rings (SSSR count). The van der Waals surface area contributed by atoms with Gasteiger partial charge in [0.15, 0.2) is 0 Å². The Morgan fingerprint density at radius 2 is 1.86 bits per heavy atom. The molecule has 154 valence electrons. The fourth-order valence-electron chi connectivity index (χ4n) is 6.08. The van der Waals surface area contributed by atoms with Crippen molar-refractivity contribution < 1.29 is 8.78 Å². The smallest absolute Gasteiger partial charge is 0.126 e. The van der Waals surface area contributed by atoms with E-state index in [0.29, 0.717) is 17.9 Å². The van der Waals surface area contributed by atoms with Crippen molar-refractivity contribution in [1.29, 1.82) is 0 Å². The van der Waals surface area contributed by atoms with Crippen molar-refractivity contribution in [3.05, 3.63) is 65.0 Å². The van der Waals surface area contributed by atoms with Crippen molar-refractivity contribution in [2.24, 2.45) is 11.8 Å². The van der Waals surface area contributed by atoms with Crippen molar-refractivity contribution in [2.75, 3.05) is 19.6 Å². The number of aryl methyl sites for hydroxylation is 1. The Bertz CT molecular complexity index is 866. The monoisotopic (exact) mass is 397 g/mol. The number of piperidine rings is 3. The van der Waals surface area contributed by atoms with Gasteiger partial charge < -0.3 is 0 Å². The van der Waals surface area contributed by atoms with Crippen LogP contribution in [0.2, 0.25) is 0 Å². The molecule has 3 fully saturated rings. The molecule has 0 unspecified atom stereocenters. The molecule has 2 bridgehead atoms. The average molecular weight is 398 g/mol. The Labute approximate surface area is 171 Å². The highest BCUT2D eigenvalue weighted by molar-refractivity contribution is 5.23. The van der Waals surface area contributed by atoms with Gasteiger partial charge in [-0.05, 0) is 74.3 Å². The Hall–Kier alpha value is -1.85. The summed E-state index contributed by atoms with van der Waals surface area (Å²) in [6.45, 7) is 6.17. The number of nitrogens with zero attached hydrogens (tertiary/aromatic N) is 3. The van der Waals surface area contributed by atoms with Gasteiger partial charge in [0.2, 0.25) is 0 Å². The fourth-order valence-corrected chi connectivity index (χ4v) is 6.08. The molecule has 3 nitrogen and oxygen atoms in total. The van der Waals surface area contributed by atoms with Crippen LogP contribution in [0.15, 0.2) is 36.4 Å². The fraction of sp³-hybridized carbons (Fsp3) is 0.542. The highest BCUT2D eigenvalue weighted by atomic mass is 19.1. The maximum absolute atomic E-state index is 13.9. The van der Waals surface area contributed by atoms with Gasteiger partial charge in [0.1, 0.15) is 11.6 Å². The van der Waals surface area contributed by atoms with E-state index in [2.05, 4.69) is 26.9 Å². The number of pyridine rings is 1. The quantitative estimate of drug-likeness (QED) is 0.747. The van der Waals surface area contributed by atoms with E-state index in [-0.39, 0.29) is 6.04 Å². The van der Waals surface area contributed by atoms with Gasteiger partial charge in [0.25, 0.3) is 0 Å². The van der Waals surface area contributed by atoms with E-state index in [4.69, 9.17) is 0 Å². The molecule has 1 aromatic heterocycles. The maximum Gasteiger partial charge on any atom is 0.126 e. The lowest BCUT2D eigenvalue weighted by Crippen LogP contribution is -2.59. The molecule has 3 saturated heterocycles. The van der Waals surface area contributed by atoms with Crippen molar-refractivity contribution >= 4 is 0 Å². The second kappa shape index (κ2) is 7.77. The predicted molar refractivity (Wildman–Crippen MR) is 109 cm³/mol. The minimum Gasteiger partial charge on any atom is -0.297 e. The number of benzene rings is 1. The maximum atomic E-state index is 13.9. The van der Waals surface area contributed by atoms with E-state index in [1.807, 2.05) is 13.0 Å². The van der Waals surface area contributed by atoms with Crippen LogP contribution in [0.4, 0.5) is 8.78 Å². The van der Waals surface area contributed by atoms with E-state index in [0.717, 1.165) is 62.0 Å². The molecule has 3 aliphatic heterocycles. The topological polar surface area (TPSA) is 19.4 Å². The Morgan fingerprint density at radius 1 is 1.03 bits per heavy atom. The predicted octanol–water partition coefficient (Wildman–Crippen LogP) is 4.72. The number of fused-ring (bicyclic) bond motifs is 4. The first-order chi connectivity index (χ1) is 14.0. The minimum absolute atomic E-state index is 0.147. The normalized spacial score (nSPS) is 30.2. The Balaban J connectivity index is 1.34. The number of aromatic nitrogens is 1. The summed E-state index contributed by atoms with van der Waals surface area (Å²) in [7, 11) is 0. The molecule has 0 amide bonds. The summed E-state index contributed by atoms with van der Waals surface area (Å²) < 4.78 is 27.7. The lowest BCUT2D eigenvalue weighted by atomic mass is 9.74. The second-order valence-electron chi connectivity index (χ2n) is 9.24. The van der Waals surface area contributed by atoms with Gasteiger partial charge in [-0.1, -0.05) is 6.07 Å². The summed E-state index contributed by atoms with van der Waals surface area (Å²) in [6.07, 6.45) is 4.60. The van der Waals surface area contributed by atoms with Crippen LogP contribution in [0.1, 0.15) is 48.7 Å². The van der Waals surface area contributed by atoms with Crippen LogP contribution in [0.3, 0.4) is 0 Å². The van der Waals surface area contributed by atoms with Crippen molar-refractivity contribution in [2.45, 2.75) is 51.2 Å². The first-order valence-corrected chi connectivity index (χ1v) is 10.9. The molecule has 0 spiro atoms. The SMILES string of the molecule is Cc1cccc(CN2C[C@@H]3C[C@H](C2)[C@@H]2CCC[C@H](c4cc(F)cc(F)c4)N2C3)n1. The van der Waals surface area contributed by atoms with Crippen molar-refractivity contribution in [3.8, 4) is 0 Å². The van der Waals surface area contributed by atoms with Gasteiger partial charge in [-0.15, -0.1) is 0 Å². The molecule has 3 aliphatic rings. The van der Waals surface area contributed by atoms with Crippen LogP contribution >= 0.6 is 0 Å². The summed E-state index contributed by atoms with van der Waals surface area (Å²) in [4.78, 5) is 9.84. The lowest BCUT2D eigenvalue weighted by molar-refractivity contribution is -0.0594. The van der Waals surface area contributed by atoms with Gasteiger partial charge in [-0.3, -0.25) is 14.8 Å². The minimum atomic E-state index is -0.462. The van der Waals surface area contributed by atoms with E-state index in [1.54, 1.807) is 0 Å². The average Bonchev–Trinajstić information content (AvgIpc) is 2.67. The third-order valence-corrected chi connectivity index (χ3v) is 7.06. The molecule has 0 saturated carbocycles. The summed E-state index contributed by atoms with van der Waals surface area (Å²) >= 11 is 0. The summed E-state index contributed by atoms with van der Waals surface area (Å²) in [5.74, 6) is 0.328. The molecule has 29 heavy (non-hydrogen) atoms. The molecule has 5 heteroatoms. The standard InChI is InChI=1S/C24H29F2N3/c1-16-4-2-5-22(27-16)15-28-12-17-8-19(14-28)24-7-3-6-23(29(24)13-17)18-9-20(25)11-21(26)10-18/h2,4-5,9-11,17,19,23-24H,3,6-8,12-15H2,1H3/t17-,19+,23+,24-/m0/s1. The van der Waals surface area contributed by atoms with Gasteiger partial charge in [0.05, 0.1) is 5.69 Å². The van der Waals surface area contributed by atoms with Crippen molar-refractivity contribution in [3.63, 3.8) is 0 Å². The highest BCUT2D eigenvalue weighted by Gasteiger charge is 2.45. The highest BCUT2D eigenvalue weighted by Crippen LogP contribution is 2.44. The Morgan fingerprint density at radius 3 is 2.66 bits per heavy atom. The summed E-state index contributed by atoms with van der Waals surface area (Å²) in [6, 6.07) is 11.0. The second-order valence-corrected chi connectivity index (χ2v) is 9.24. The van der Waals surface area contributed by atoms with Crippen LogP contribution in [-0.2, 0) is 6.54 Å².